The number of pyridine rings is 1. The van der Waals surface area contributed by atoms with Crippen molar-refractivity contribution in [3.8, 4) is 6.07 Å². The van der Waals surface area contributed by atoms with Crippen LogP contribution in [0.15, 0.2) is 18.3 Å². The summed E-state index contributed by atoms with van der Waals surface area (Å²) in [6.07, 6.45) is 1.59. The first-order valence-electron chi connectivity index (χ1n) is 5.13. The Bertz CT molecular complexity index is 396. The molecule has 1 heterocycles. The number of aliphatic hydroxyl groups is 1. The van der Waals surface area contributed by atoms with Crippen LogP contribution in [0.2, 0.25) is 0 Å². The average Bonchev–Trinajstić information content (AvgIpc) is 2.16. The summed E-state index contributed by atoms with van der Waals surface area (Å²) in [6.45, 7) is 7.31. The number of aromatic nitrogens is 1. The second-order valence-electron chi connectivity index (χ2n) is 4.85. The van der Waals surface area contributed by atoms with Gasteiger partial charge in [0.15, 0.2) is 0 Å². The van der Waals surface area contributed by atoms with Gasteiger partial charge < -0.3 is 10.4 Å². The lowest BCUT2D eigenvalue weighted by atomic mass is 9.86. The molecule has 0 bridgehead atoms. The fourth-order valence-electron chi connectivity index (χ4n) is 1.05. The maximum absolute atomic E-state index is 9.97. The number of nitrogens with zero attached hydrogens (tertiary/aromatic N) is 2. The molecule has 0 radical (unpaired) electrons. The van der Waals surface area contributed by atoms with E-state index in [1.54, 1.807) is 32.2 Å². The zero-order chi connectivity index (χ0) is 12.4. The molecule has 0 aliphatic heterocycles. The van der Waals surface area contributed by atoms with Crippen molar-refractivity contribution in [3.05, 3.63) is 24.0 Å². The molecule has 1 aromatic heterocycles. The molecule has 2 N–H and O–H groups in total. The number of hydrogen-bond acceptors (Lipinski definition) is 4. The van der Waals surface area contributed by atoms with Gasteiger partial charge in [-0.3, -0.25) is 0 Å². The minimum Gasteiger partial charge on any atom is -0.388 e. The van der Waals surface area contributed by atoms with Crippen molar-refractivity contribution < 1.29 is 5.11 Å². The first kappa shape index (κ1) is 12.5. The van der Waals surface area contributed by atoms with Crippen LogP contribution in [0.3, 0.4) is 0 Å². The molecule has 0 saturated heterocycles. The molecule has 0 unspecified atom stereocenters. The van der Waals surface area contributed by atoms with E-state index in [0.717, 1.165) is 5.69 Å². The highest BCUT2D eigenvalue weighted by Gasteiger charge is 2.34. The van der Waals surface area contributed by atoms with Crippen LogP contribution in [0.4, 0.5) is 5.69 Å². The van der Waals surface area contributed by atoms with Gasteiger partial charge in [-0.25, -0.2) is 4.98 Å². The van der Waals surface area contributed by atoms with E-state index in [1.807, 2.05) is 19.9 Å². The van der Waals surface area contributed by atoms with Crippen molar-refractivity contribution in [2.75, 3.05) is 5.32 Å². The summed E-state index contributed by atoms with van der Waals surface area (Å²) < 4.78 is 0. The molecule has 0 atom stereocenters. The van der Waals surface area contributed by atoms with Crippen molar-refractivity contribution in [3.63, 3.8) is 0 Å². The van der Waals surface area contributed by atoms with E-state index >= 15 is 0 Å². The molecular formula is C12H17N3O. The average molecular weight is 219 g/mol. The summed E-state index contributed by atoms with van der Waals surface area (Å²) >= 11 is 0. The Morgan fingerprint density at radius 1 is 1.31 bits per heavy atom. The Morgan fingerprint density at radius 3 is 2.31 bits per heavy atom. The zero-order valence-corrected chi connectivity index (χ0v) is 10.1. The lowest BCUT2D eigenvalue weighted by Crippen LogP contribution is -2.51. The molecule has 0 spiro atoms. The summed E-state index contributed by atoms with van der Waals surface area (Å²) in [7, 11) is 0. The molecule has 0 amide bonds. The highest BCUT2D eigenvalue weighted by Crippen LogP contribution is 2.25. The van der Waals surface area contributed by atoms with E-state index in [1.165, 1.54) is 0 Å². The second-order valence-corrected chi connectivity index (χ2v) is 4.85. The highest BCUT2D eigenvalue weighted by atomic mass is 16.3. The molecule has 0 fully saturated rings. The third kappa shape index (κ3) is 2.71. The lowest BCUT2D eigenvalue weighted by molar-refractivity contribution is 0.0240. The van der Waals surface area contributed by atoms with Gasteiger partial charge in [0, 0.05) is 0 Å². The molecule has 4 nitrogen and oxygen atoms in total. The number of hydrogen-bond donors (Lipinski definition) is 2. The minimum atomic E-state index is -0.860. The second kappa shape index (κ2) is 4.11. The van der Waals surface area contributed by atoms with Gasteiger partial charge in [-0.15, -0.1) is 0 Å². The molecular weight excluding hydrogens is 202 g/mol. The Balaban J connectivity index is 2.85. The summed E-state index contributed by atoms with van der Waals surface area (Å²) in [4.78, 5) is 3.96. The summed E-state index contributed by atoms with van der Waals surface area (Å²) in [6, 6.07) is 5.38. The molecule has 4 heteroatoms. The van der Waals surface area contributed by atoms with Crippen molar-refractivity contribution in [2.24, 2.45) is 0 Å². The quantitative estimate of drug-likeness (QED) is 0.814. The Kier molecular flexibility index (Phi) is 3.20. The standard InChI is InChI=1S/C12H17N3O/c1-11(2,12(3,4)16)15-10-6-5-9(7-13)14-8-10/h5-6,8,15-16H,1-4H3. The first-order chi connectivity index (χ1) is 7.26. The van der Waals surface area contributed by atoms with Gasteiger partial charge in [-0.2, -0.15) is 5.26 Å². The third-order valence-electron chi connectivity index (χ3n) is 2.86. The van der Waals surface area contributed by atoms with Gasteiger partial charge in [0.2, 0.25) is 0 Å². The van der Waals surface area contributed by atoms with Crippen molar-refractivity contribution in [1.29, 1.82) is 5.26 Å². The largest absolute Gasteiger partial charge is 0.388 e. The van der Waals surface area contributed by atoms with E-state index in [2.05, 4.69) is 10.3 Å². The Hall–Kier alpha value is -1.60. The molecule has 0 aliphatic rings. The van der Waals surface area contributed by atoms with Crippen molar-refractivity contribution in [1.82, 2.24) is 4.98 Å². The highest BCUT2D eigenvalue weighted by molar-refractivity contribution is 5.45. The van der Waals surface area contributed by atoms with Crippen LogP contribution in [0.25, 0.3) is 0 Å². The number of nitrogens with one attached hydrogen (secondary N) is 1. The predicted octanol–water partition coefficient (Wildman–Crippen LogP) is 1.91. The van der Waals surface area contributed by atoms with Gasteiger partial charge >= 0.3 is 0 Å². The number of rotatable bonds is 3. The molecule has 86 valence electrons. The van der Waals surface area contributed by atoms with Crippen LogP contribution in [0.1, 0.15) is 33.4 Å². The van der Waals surface area contributed by atoms with Crippen LogP contribution in [-0.2, 0) is 0 Å². The normalized spacial score (nSPS) is 12.0. The smallest absolute Gasteiger partial charge is 0.140 e. The van der Waals surface area contributed by atoms with Crippen LogP contribution in [0, 0.1) is 11.3 Å². The van der Waals surface area contributed by atoms with Gasteiger partial charge in [0.05, 0.1) is 23.0 Å². The summed E-state index contributed by atoms with van der Waals surface area (Å²) in [5.74, 6) is 0. The van der Waals surface area contributed by atoms with Crippen molar-refractivity contribution in [2.45, 2.75) is 38.8 Å². The predicted molar refractivity (Wildman–Crippen MR) is 63.0 cm³/mol. The number of nitriles is 1. The fourth-order valence-corrected chi connectivity index (χ4v) is 1.05. The fraction of sp³-hybridized carbons (Fsp3) is 0.500. The first-order valence-corrected chi connectivity index (χ1v) is 5.13. The van der Waals surface area contributed by atoms with Gasteiger partial charge in [0.25, 0.3) is 0 Å². The van der Waals surface area contributed by atoms with Gasteiger partial charge in [0.1, 0.15) is 11.8 Å². The van der Waals surface area contributed by atoms with Crippen LogP contribution in [0.5, 0.6) is 0 Å². The van der Waals surface area contributed by atoms with Crippen LogP contribution in [-0.4, -0.2) is 21.2 Å². The van der Waals surface area contributed by atoms with Gasteiger partial charge in [-0.05, 0) is 39.8 Å². The third-order valence-corrected chi connectivity index (χ3v) is 2.86. The van der Waals surface area contributed by atoms with E-state index in [4.69, 9.17) is 5.26 Å². The maximum atomic E-state index is 9.97. The van der Waals surface area contributed by atoms with Crippen LogP contribution >= 0.6 is 0 Å². The van der Waals surface area contributed by atoms with E-state index < -0.39 is 11.1 Å². The Morgan fingerprint density at radius 2 is 1.94 bits per heavy atom. The Labute approximate surface area is 95.9 Å². The van der Waals surface area contributed by atoms with E-state index in [-0.39, 0.29) is 0 Å². The molecule has 1 aromatic rings. The molecule has 0 aliphatic carbocycles. The molecule has 16 heavy (non-hydrogen) atoms. The summed E-state index contributed by atoms with van der Waals surface area (Å²) in [5, 5.41) is 21.8. The molecule has 1 rings (SSSR count). The molecule has 0 aromatic carbocycles. The monoisotopic (exact) mass is 219 g/mol. The molecule has 0 saturated carbocycles. The minimum absolute atomic E-state index is 0.381. The van der Waals surface area contributed by atoms with E-state index in [9.17, 15) is 5.11 Å². The zero-order valence-electron chi connectivity index (χ0n) is 10.1. The number of anilines is 1. The van der Waals surface area contributed by atoms with Crippen LogP contribution < -0.4 is 5.32 Å². The van der Waals surface area contributed by atoms with Crippen molar-refractivity contribution >= 4 is 5.69 Å². The lowest BCUT2D eigenvalue weighted by Gasteiger charge is -2.38. The van der Waals surface area contributed by atoms with Gasteiger partial charge in [-0.1, -0.05) is 0 Å². The summed E-state index contributed by atoms with van der Waals surface area (Å²) in [5.41, 5.74) is -0.179. The van der Waals surface area contributed by atoms with E-state index in [0.29, 0.717) is 5.69 Å². The maximum Gasteiger partial charge on any atom is 0.140 e. The topological polar surface area (TPSA) is 68.9 Å². The SMILES string of the molecule is CC(C)(O)C(C)(C)Nc1ccc(C#N)nc1.